The zero-order valence-electron chi connectivity index (χ0n) is 7.62. The molecule has 0 amide bonds. The maximum absolute atomic E-state index is 3.27. The average Bonchev–Trinajstić information content (AvgIpc) is 1.89. The summed E-state index contributed by atoms with van der Waals surface area (Å²) < 4.78 is 0. The van der Waals surface area contributed by atoms with Crippen molar-refractivity contribution < 1.29 is 0 Å². The van der Waals surface area contributed by atoms with Crippen LogP contribution in [0.25, 0.3) is 0 Å². The van der Waals surface area contributed by atoms with Crippen LogP contribution in [-0.4, -0.2) is 26.2 Å². The number of nitrogens with one attached hydrogen (secondary N) is 2. The lowest BCUT2D eigenvalue weighted by Gasteiger charge is -2.23. The van der Waals surface area contributed by atoms with Crippen LogP contribution in [-0.2, 0) is 0 Å². The fourth-order valence-electron chi connectivity index (χ4n) is 0.832. The highest BCUT2D eigenvalue weighted by molar-refractivity contribution is 4.74. The van der Waals surface area contributed by atoms with E-state index in [0.717, 1.165) is 6.54 Å². The molecule has 62 valence electrons. The molecule has 0 saturated heterocycles. The van der Waals surface area contributed by atoms with Crippen LogP contribution >= 0.6 is 0 Å². The predicted octanol–water partition coefficient (Wildman–Crippen LogP) is 0.984. The molecule has 0 atom stereocenters. The first-order valence-corrected chi connectivity index (χ1v) is 3.96. The van der Waals surface area contributed by atoms with Crippen molar-refractivity contribution in [2.45, 2.75) is 32.2 Å². The van der Waals surface area contributed by atoms with Crippen LogP contribution in [0, 0.1) is 0 Å². The number of rotatable bonds is 5. The molecular formula is C8H20N2. The summed E-state index contributed by atoms with van der Waals surface area (Å²) >= 11 is 0. The lowest BCUT2D eigenvalue weighted by atomic mass is 9.99. The van der Waals surface area contributed by atoms with E-state index in [1.165, 1.54) is 12.8 Å². The lowest BCUT2D eigenvalue weighted by Crippen LogP contribution is -2.36. The molecule has 0 bridgehead atoms. The van der Waals surface area contributed by atoms with Gasteiger partial charge in [-0.25, -0.2) is 0 Å². The first kappa shape index (κ1) is 9.92. The molecule has 0 aromatic rings. The van der Waals surface area contributed by atoms with E-state index in [1.807, 2.05) is 14.1 Å². The minimum Gasteiger partial charge on any atom is -0.320 e. The Bertz CT molecular complexity index is 79.3. The standard InChI is InChI=1S/C8H20N2/c1-8(2,10-4)6-5-7-9-3/h9-10H,5-7H2,1-4H3. The molecule has 2 N–H and O–H groups in total. The fourth-order valence-corrected chi connectivity index (χ4v) is 0.832. The zero-order valence-corrected chi connectivity index (χ0v) is 7.62. The topological polar surface area (TPSA) is 24.1 Å². The van der Waals surface area contributed by atoms with E-state index in [9.17, 15) is 0 Å². The van der Waals surface area contributed by atoms with Crippen LogP contribution in [0.15, 0.2) is 0 Å². The maximum Gasteiger partial charge on any atom is 0.0122 e. The van der Waals surface area contributed by atoms with Crippen molar-refractivity contribution in [2.24, 2.45) is 0 Å². The molecule has 0 unspecified atom stereocenters. The molecule has 0 fully saturated rings. The van der Waals surface area contributed by atoms with E-state index in [0.29, 0.717) is 5.54 Å². The molecule has 0 aromatic heterocycles. The SMILES string of the molecule is CNCCCC(C)(C)NC. The van der Waals surface area contributed by atoms with Crippen LogP contribution in [0.3, 0.4) is 0 Å². The van der Waals surface area contributed by atoms with Gasteiger partial charge in [-0.05, 0) is 47.3 Å². The first-order chi connectivity index (χ1) is 4.62. The lowest BCUT2D eigenvalue weighted by molar-refractivity contribution is 0.380. The highest BCUT2D eigenvalue weighted by Gasteiger charge is 2.12. The predicted molar refractivity (Wildman–Crippen MR) is 46.3 cm³/mol. The summed E-state index contributed by atoms with van der Waals surface area (Å²) in [5.41, 5.74) is 0.302. The van der Waals surface area contributed by atoms with Gasteiger partial charge in [0.25, 0.3) is 0 Å². The summed E-state index contributed by atoms with van der Waals surface area (Å²) in [6.07, 6.45) is 2.47. The van der Waals surface area contributed by atoms with Crippen molar-refractivity contribution in [3.8, 4) is 0 Å². The second kappa shape index (κ2) is 4.69. The Morgan fingerprint density at radius 2 is 1.80 bits per heavy atom. The summed E-state index contributed by atoms with van der Waals surface area (Å²) in [6, 6.07) is 0. The van der Waals surface area contributed by atoms with Gasteiger partial charge in [-0.3, -0.25) is 0 Å². The molecule has 2 nitrogen and oxygen atoms in total. The Morgan fingerprint density at radius 1 is 1.20 bits per heavy atom. The van der Waals surface area contributed by atoms with Crippen LogP contribution in [0.1, 0.15) is 26.7 Å². The summed E-state index contributed by atoms with van der Waals surface area (Å²) in [5, 5.41) is 6.41. The van der Waals surface area contributed by atoms with E-state index in [4.69, 9.17) is 0 Å². The van der Waals surface area contributed by atoms with Crippen molar-refractivity contribution in [1.82, 2.24) is 10.6 Å². The van der Waals surface area contributed by atoms with Crippen molar-refractivity contribution in [3.05, 3.63) is 0 Å². The maximum atomic E-state index is 3.27. The van der Waals surface area contributed by atoms with Crippen molar-refractivity contribution in [1.29, 1.82) is 0 Å². The molecule has 0 radical (unpaired) electrons. The highest BCUT2D eigenvalue weighted by atomic mass is 14.9. The third kappa shape index (κ3) is 4.77. The summed E-state index contributed by atoms with van der Waals surface area (Å²) in [7, 11) is 4.01. The molecule has 0 rings (SSSR count). The van der Waals surface area contributed by atoms with Crippen molar-refractivity contribution in [2.75, 3.05) is 20.6 Å². The van der Waals surface area contributed by atoms with Gasteiger partial charge in [0, 0.05) is 5.54 Å². The molecular weight excluding hydrogens is 124 g/mol. The molecule has 0 aromatic carbocycles. The Kier molecular flexibility index (Phi) is 4.65. The van der Waals surface area contributed by atoms with E-state index in [2.05, 4.69) is 24.5 Å². The number of hydrogen-bond acceptors (Lipinski definition) is 2. The number of hydrogen-bond donors (Lipinski definition) is 2. The molecule has 0 aliphatic heterocycles. The van der Waals surface area contributed by atoms with Gasteiger partial charge in [0.15, 0.2) is 0 Å². The van der Waals surface area contributed by atoms with Gasteiger partial charge < -0.3 is 10.6 Å². The third-order valence-electron chi connectivity index (χ3n) is 1.91. The van der Waals surface area contributed by atoms with Gasteiger partial charge in [-0.1, -0.05) is 0 Å². The van der Waals surface area contributed by atoms with E-state index in [-0.39, 0.29) is 0 Å². The van der Waals surface area contributed by atoms with Crippen molar-refractivity contribution >= 4 is 0 Å². The second-order valence-corrected chi connectivity index (χ2v) is 3.34. The zero-order chi connectivity index (χ0) is 8.04. The molecule has 0 aliphatic rings. The van der Waals surface area contributed by atoms with Gasteiger partial charge >= 0.3 is 0 Å². The molecule has 0 heterocycles. The monoisotopic (exact) mass is 144 g/mol. The van der Waals surface area contributed by atoms with Gasteiger partial charge in [0.1, 0.15) is 0 Å². The Balaban J connectivity index is 3.28. The molecule has 10 heavy (non-hydrogen) atoms. The van der Waals surface area contributed by atoms with Crippen LogP contribution in [0.4, 0.5) is 0 Å². The molecule has 0 spiro atoms. The average molecular weight is 144 g/mol. The highest BCUT2D eigenvalue weighted by Crippen LogP contribution is 2.08. The molecule has 0 saturated carbocycles. The third-order valence-corrected chi connectivity index (χ3v) is 1.91. The minimum atomic E-state index is 0.302. The first-order valence-electron chi connectivity index (χ1n) is 3.96. The van der Waals surface area contributed by atoms with Crippen molar-refractivity contribution in [3.63, 3.8) is 0 Å². The van der Waals surface area contributed by atoms with Crippen LogP contribution < -0.4 is 10.6 Å². The summed E-state index contributed by atoms with van der Waals surface area (Å²) in [5.74, 6) is 0. The van der Waals surface area contributed by atoms with Gasteiger partial charge in [0.05, 0.1) is 0 Å². The summed E-state index contributed by atoms with van der Waals surface area (Å²) in [4.78, 5) is 0. The summed E-state index contributed by atoms with van der Waals surface area (Å²) in [6.45, 7) is 5.57. The van der Waals surface area contributed by atoms with E-state index >= 15 is 0 Å². The fraction of sp³-hybridized carbons (Fsp3) is 1.00. The van der Waals surface area contributed by atoms with Gasteiger partial charge in [0.2, 0.25) is 0 Å². The van der Waals surface area contributed by atoms with Gasteiger partial charge in [-0.15, -0.1) is 0 Å². The Hall–Kier alpha value is -0.0800. The van der Waals surface area contributed by atoms with E-state index < -0.39 is 0 Å². The van der Waals surface area contributed by atoms with Crippen LogP contribution in [0.5, 0.6) is 0 Å². The largest absolute Gasteiger partial charge is 0.320 e. The Labute approximate surface area is 64.4 Å². The molecule has 0 aliphatic carbocycles. The quantitative estimate of drug-likeness (QED) is 0.562. The second-order valence-electron chi connectivity index (χ2n) is 3.34. The van der Waals surface area contributed by atoms with E-state index in [1.54, 1.807) is 0 Å². The smallest absolute Gasteiger partial charge is 0.0122 e. The van der Waals surface area contributed by atoms with Crippen LogP contribution in [0.2, 0.25) is 0 Å². The minimum absolute atomic E-state index is 0.302. The molecule has 2 heteroatoms. The van der Waals surface area contributed by atoms with Gasteiger partial charge in [-0.2, -0.15) is 0 Å². The normalized spacial score (nSPS) is 12.0. The Morgan fingerprint density at radius 3 is 2.20 bits per heavy atom.